The highest BCUT2D eigenvalue weighted by molar-refractivity contribution is 6.77. The lowest BCUT2D eigenvalue weighted by atomic mass is 10.3. The lowest BCUT2D eigenvalue weighted by Gasteiger charge is -2.40. The maximum absolute atomic E-state index is 6.44. The summed E-state index contributed by atoms with van der Waals surface area (Å²) in [6.07, 6.45) is 0. The van der Waals surface area contributed by atoms with Crippen molar-refractivity contribution in [1.82, 2.24) is 15.0 Å². The molecule has 0 fully saturated rings. The Morgan fingerprint density at radius 1 is 0.955 bits per heavy atom. The summed E-state index contributed by atoms with van der Waals surface area (Å²) in [5.74, 6) is 0.854. The molecule has 0 bridgehead atoms. The molecular weight excluding hydrogens is 290 g/mol. The summed E-state index contributed by atoms with van der Waals surface area (Å²) >= 11 is 0. The van der Waals surface area contributed by atoms with Crippen LogP contribution in [0, 0.1) is 0 Å². The van der Waals surface area contributed by atoms with Crippen LogP contribution in [0.5, 0.6) is 5.75 Å². The van der Waals surface area contributed by atoms with Crippen molar-refractivity contribution in [2.45, 2.75) is 31.9 Å². The Morgan fingerprint density at radius 2 is 1.59 bits per heavy atom. The van der Waals surface area contributed by atoms with Crippen molar-refractivity contribution in [2.75, 3.05) is 0 Å². The first-order valence-corrected chi connectivity index (χ1v) is 11.0. The van der Waals surface area contributed by atoms with E-state index in [1.54, 1.807) is 0 Å². The third-order valence-corrected chi connectivity index (χ3v) is 7.30. The zero-order valence-corrected chi connectivity index (χ0v) is 14.4. The number of ether oxygens (including phenoxy) is 1. The normalized spacial score (nSPS) is 14.7. The van der Waals surface area contributed by atoms with E-state index in [2.05, 4.69) is 36.9 Å². The number of nitrogens with zero attached hydrogens (tertiary/aromatic N) is 3. The minimum atomic E-state index is -1.78. The van der Waals surface area contributed by atoms with E-state index in [0.717, 1.165) is 16.8 Å². The molecule has 1 aromatic heterocycles. The SMILES string of the molecule is CC(Oc1ccccc1)(n1nnc2ccccc21)[Si](C)(C)C. The summed E-state index contributed by atoms with van der Waals surface area (Å²) in [5, 5.41) is 8.18. The number of hydrogen-bond donors (Lipinski definition) is 0. The molecule has 3 rings (SSSR count). The fourth-order valence-corrected chi connectivity index (χ4v) is 3.64. The molecule has 0 saturated heterocycles. The Morgan fingerprint density at radius 3 is 2.27 bits per heavy atom. The minimum absolute atomic E-state index is 0.523. The molecule has 0 N–H and O–H groups in total. The average Bonchev–Trinajstić information content (AvgIpc) is 2.91. The molecule has 3 aromatic rings. The van der Waals surface area contributed by atoms with Crippen molar-refractivity contribution in [3.8, 4) is 5.75 Å². The molecule has 1 heterocycles. The van der Waals surface area contributed by atoms with Crippen LogP contribution >= 0.6 is 0 Å². The van der Waals surface area contributed by atoms with Crippen LogP contribution in [-0.2, 0) is 5.35 Å². The number of hydrogen-bond acceptors (Lipinski definition) is 3. The Bertz CT molecular complexity index is 779. The van der Waals surface area contributed by atoms with E-state index >= 15 is 0 Å². The summed E-state index contributed by atoms with van der Waals surface area (Å²) in [4.78, 5) is 0. The van der Waals surface area contributed by atoms with Crippen LogP contribution in [-0.4, -0.2) is 23.1 Å². The van der Waals surface area contributed by atoms with Crippen LogP contribution in [0.4, 0.5) is 0 Å². The molecule has 114 valence electrons. The second kappa shape index (κ2) is 5.25. The smallest absolute Gasteiger partial charge is 0.182 e. The van der Waals surface area contributed by atoms with Crippen LogP contribution in [0.2, 0.25) is 19.6 Å². The van der Waals surface area contributed by atoms with Crippen molar-refractivity contribution >= 4 is 19.1 Å². The summed E-state index contributed by atoms with van der Waals surface area (Å²) in [7, 11) is -1.78. The van der Waals surface area contributed by atoms with Crippen LogP contribution in [0.3, 0.4) is 0 Å². The zero-order valence-electron chi connectivity index (χ0n) is 13.4. The summed E-state index contributed by atoms with van der Waals surface area (Å²) in [6, 6.07) is 17.9. The van der Waals surface area contributed by atoms with Crippen molar-refractivity contribution in [3.63, 3.8) is 0 Å². The van der Waals surface area contributed by atoms with Crippen LogP contribution in [0.15, 0.2) is 54.6 Å². The third-order valence-electron chi connectivity index (χ3n) is 4.21. The second-order valence-corrected chi connectivity index (χ2v) is 12.1. The zero-order chi connectivity index (χ0) is 15.8. The topological polar surface area (TPSA) is 39.9 Å². The molecule has 2 aromatic carbocycles. The molecule has 0 aliphatic carbocycles. The van der Waals surface area contributed by atoms with Gasteiger partial charge in [-0.1, -0.05) is 55.2 Å². The standard InChI is InChI=1S/C17H21N3OSi/c1-17(22(2,3)4,21-14-10-6-5-7-11-14)20-16-13-9-8-12-15(16)18-19-20/h5-13H,1-4H3. The first-order chi connectivity index (χ1) is 10.4. The van der Waals surface area contributed by atoms with Gasteiger partial charge >= 0.3 is 0 Å². The van der Waals surface area contributed by atoms with Crippen LogP contribution < -0.4 is 4.74 Å². The second-order valence-electron chi connectivity index (χ2n) is 6.64. The average molecular weight is 311 g/mol. The molecule has 1 atom stereocenters. The van der Waals surface area contributed by atoms with Gasteiger partial charge in [0.25, 0.3) is 0 Å². The van der Waals surface area contributed by atoms with E-state index < -0.39 is 13.4 Å². The van der Waals surface area contributed by atoms with Gasteiger partial charge in [0.1, 0.15) is 19.3 Å². The molecule has 0 radical (unpaired) electrons. The largest absolute Gasteiger partial charge is 0.470 e. The van der Waals surface area contributed by atoms with E-state index in [9.17, 15) is 0 Å². The lowest BCUT2D eigenvalue weighted by molar-refractivity contribution is 0.0771. The Balaban J connectivity index is 2.14. The molecule has 0 aliphatic heterocycles. The van der Waals surface area contributed by atoms with E-state index in [4.69, 9.17) is 4.74 Å². The highest BCUT2D eigenvalue weighted by atomic mass is 28.3. The molecule has 0 aliphatic rings. The highest BCUT2D eigenvalue weighted by Gasteiger charge is 2.45. The minimum Gasteiger partial charge on any atom is -0.470 e. The van der Waals surface area contributed by atoms with Crippen LogP contribution in [0.25, 0.3) is 11.0 Å². The van der Waals surface area contributed by atoms with Gasteiger partial charge in [0.15, 0.2) is 5.35 Å². The summed E-state index contributed by atoms with van der Waals surface area (Å²) < 4.78 is 8.39. The molecule has 5 heteroatoms. The fraction of sp³-hybridized carbons (Fsp3) is 0.294. The van der Waals surface area contributed by atoms with Crippen molar-refractivity contribution in [3.05, 3.63) is 54.6 Å². The van der Waals surface area contributed by atoms with Crippen molar-refractivity contribution < 1.29 is 4.74 Å². The Kier molecular flexibility index (Phi) is 3.52. The number of fused-ring (bicyclic) bond motifs is 1. The maximum atomic E-state index is 6.44. The van der Waals surface area contributed by atoms with Gasteiger partial charge in [-0.05, 0) is 31.2 Å². The predicted octanol–water partition coefficient (Wildman–Crippen LogP) is 4.06. The summed E-state index contributed by atoms with van der Waals surface area (Å²) in [6.45, 7) is 8.97. The maximum Gasteiger partial charge on any atom is 0.182 e. The van der Waals surface area contributed by atoms with Gasteiger partial charge in [-0.3, -0.25) is 0 Å². The van der Waals surface area contributed by atoms with Gasteiger partial charge in [0.2, 0.25) is 0 Å². The number of para-hydroxylation sites is 2. The number of benzene rings is 2. The molecule has 1 unspecified atom stereocenters. The highest BCUT2D eigenvalue weighted by Crippen LogP contribution is 2.33. The molecule has 0 saturated carbocycles. The van der Waals surface area contributed by atoms with Gasteiger partial charge in [-0.2, -0.15) is 0 Å². The fourth-order valence-electron chi connectivity index (χ4n) is 2.42. The molecule has 4 nitrogen and oxygen atoms in total. The third kappa shape index (κ3) is 2.41. The van der Waals surface area contributed by atoms with Gasteiger partial charge in [0, 0.05) is 0 Å². The first kappa shape index (κ1) is 14.8. The quantitative estimate of drug-likeness (QED) is 0.682. The van der Waals surface area contributed by atoms with Crippen molar-refractivity contribution in [2.24, 2.45) is 0 Å². The summed E-state index contributed by atoms with van der Waals surface area (Å²) in [5.41, 5.74) is 1.90. The van der Waals surface area contributed by atoms with Gasteiger partial charge < -0.3 is 4.74 Å². The van der Waals surface area contributed by atoms with Gasteiger partial charge in [0.05, 0.1) is 5.52 Å². The van der Waals surface area contributed by atoms with Gasteiger partial charge in [-0.25, -0.2) is 4.68 Å². The first-order valence-electron chi connectivity index (χ1n) is 7.47. The van der Waals surface area contributed by atoms with E-state index in [1.165, 1.54) is 0 Å². The van der Waals surface area contributed by atoms with E-state index in [0.29, 0.717) is 0 Å². The lowest BCUT2D eigenvalue weighted by Crippen LogP contribution is -2.56. The van der Waals surface area contributed by atoms with E-state index in [-0.39, 0.29) is 0 Å². The molecule has 0 amide bonds. The molecule has 0 spiro atoms. The van der Waals surface area contributed by atoms with E-state index in [1.807, 2.05) is 59.3 Å². The Labute approximate surface area is 131 Å². The number of rotatable bonds is 4. The molecule has 22 heavy (non-hydrogen) atoms. The van der Waals surface area contributed by atoms with Crippen molar-refractivity contribution in [1.29, 1.82) is 0 Å². The predicted molar refractivity (Wildman–Crippen MR) is 91.6 cm³/mol. The number of aromatic nitrogens is 3. The van der Waals surface area contributed by atoms with Crippen LogP contribution in [0.1, 0.15) is 6.92 Å². The van der Waals surface area contributed by atoms with Gasteiger partial charge in [-0.15, -0.1) is 5.10 Å². The Hall–Kier alpha value is -2.14. The monoisotopic (exact) mass is 311 g/mol. The molecular formula is C17H21N3OSi.